The zero-order valence-electron chi connectivity index (χ0n) is 12.3. The van der Waals surface area contributed by atoms with Crippen molar-refractivity contribution >= 4 is 17.5 Å². The van der Waals surface area contributed by atoms with Crippen LogP contribution >= 0.6 is 11.8 Å². The quantitative estimate of drug-likeness (QED) is 0.680. The minimum Gasteiger partial charge on any atom is -0.494 e. The minimum absolute atomic E-state index is 0.239. The number of hydrogen-bond donors (Lipinski definition) is 0. The van der Waals surface area contributed by atoms with Gasteiger partial charge in [-0.25, -0.2) is 0 Å². The number of thioether (sulfide) groups is 1. The minimum atomic E-state index is 0.239. The van der Waals surface area contributed by atoms with Gasteiger partial charge < -0.3 is 4.74 Å². The lowest BCUT2D eigenvalue weighted by atomic mass is 10.0. The Bertz CT molecular complexity index is 408. The maximum Gasteiger partial charge on any atom is 0.172 e. The van der Waals surface area contributed by atoms with Crippen LogP contribution in [0, 0.1) is 0 Å². The largest absolute Gasteiger partial charge is 0.494 e. The monoisotopic (exact) mass is 292 g/mol. The predicted molar refractivity (Wildman–Crippen MR) is 85.9 cm³/mol. The summed E-state index contributed by atoms with van der Waals surface area (Å²) in [5.74, 6) is 1.70. The Morgan fingerprint density at radius 2 is 1.90 bits per heavy atom. The summed E-state index contributed by atoms with van der Waals surface area (Å²) in [7, 11) is 0. The van der Waals surface area contributed by atoms with Crippen molar-refractivity contribution in [1.29, 1.82) is 0 Å². The van der Waals surface area contributed by atoms with E-state index in [1.54, 1.807) is 0 Å². The number of carbonyl (C=O) groups excluding carboxylic acids is 1. The number of carbonyl (C=O) groups is 1. The Balaban J connectivity index is 1.79. The first-order valence-corrected chi connectivity index (χ1v) is 8.72. The van der Waals surface area contributed by atoms with E-state index in [2.05, 4.69) is 6.92 Å². The van der Waals surface area contributed by atoms with Gasteiger partial charge >= 0.3 is 0 Å². The first-order valence-electron chi connectivity index (χ1n) is 7.67. The van der Waals surface area contributed by atoms with Crippen molar-refractivity contribution in [3.05, 3.63) is 29.8 Å². The second-order valence-electron chi connectivity index (χ2n) is 5.37. The van der Waals surface area contributed by atoms with E-state index in [0.29, 0.717) is 11.0 Å². The van der Waals surface area contributed by atoms with Gasteiger partial charge in [-0.15, -0.1) is 0 Å². The molecule has 1 aromatic rings. The molecular formula is C17H24O2S. The fraction of sp³-hybridized carbons (Fsp3) is 0.588. The van der Waals surface area contributed by atoms with E-state index in [1.165, 1.54) is 32.1 Å². The highest BCUT2D eigenvalue weighted by Gasteiger charge is 2.15. The summed E-state index contributed by atoms with van der Waals surface area (Å²) in [4.78, 5) is 12.2. The second kappa shape index (κ2) is 8.35. The lowest BCUT2D eigenvalue weighted by Gasteiger charge is -2.20. The standard InChI is InChI=1S/C17H24O2S/c1-2-12-19-15-10-8-14(9-11-15)17(18)13-20-16-6-4-3-5-7-16/h8-11,16H,2-7,12-13H2,1H3. The summed E-state index contributed by atoms with van der Waals surface area (Å²) in [5, 5.41) is 0.694. The van der Waals surface area contributed by atoms with Crippen molar-refractivity contribution < 1.29 is 9.53 Å². The number of benzene rings is 1. The van der Waals surface area contributed by atoms with Crippen LogP contribution in [0.1, 0.15) is 55.8 Å². The van der Waals surface area contributed by atoms with Crippen LogP contribution in [0.4, 0.5) is 0 Å². The third kappa shape index (κ3) is 4.86. The Morgan fingerprint density at radius 1 is 1.20 bits per heavy atom. The molecule has 0 bridgehead atoms. The summed E-state index contributed by atoms with van der Waals surface area (Å²) in [6, 6.07) is 7.56. The van der Waals surface area contributed by atoms with Crippen LogP contribution in [0.25, 0.3) is 0 Å². The molecule has 0 atom stereocenters. The van der Waals surface area contributed by atoms with Gasteiger partial charge in [-0.3, -0.25) is 4.79 Å². The maximum absolute atomic E-state index is 12.2. The number of rotatable bonds is 7. The van der Waals surface area contributed by atoms with E-state index in [9.17, 15) is 4.79 Å². The third-order valence-electron chi connectivity index (χ3n) is 3.65. The average molecular weight is 292 g/mol. The first-order chi connectivity index (χ1) is 9.79. The molecule has 20 heavy (non-hydrogen) atoms. The Kier molecular flexibility index (Phi) is 6.44. The summed E-state index contributed by atoms with van der Waals surface area (Å²) < 4.78 is 5.53. The van der Waals surface area contributed by atoms with Gasteiger partial charge in [0.15, 0.2) is 5.78 Å². The number of hydrogen-bond acceptors (Lipinski definition) is 3. The number of Topliss-reactive ketones (excluding diaryl/α,β-unsaturated/α-hetero) is 1. The molecular weight excluding hydrogens is 268 g/mol. The van der Waals surface area contributed by atoms with Crippen molar-refractivity contribution in [3.8, 4) is 5.75 Å². The zero-order valence-corrected chi connectivity index (χ0v) is 13.1. The fourth-order valence-electron chi connectivity index (χ4n) is 2.47. The van der Waals surface area contributed by atoms with Gasteiger partial charge in [0.2, 0.25) is 0 Å². The van der Waals surface area contributed by atoms with E-state index in [4.69, 9.17) is 4.74 Å². The van der Waals surface area contributed by atoms with Crippen molar-refractivity contribution in [2.75, 3.05) is 12.4 Å². The number of ketones is 1. The Labute approximate surface area is 126 Å². The molecule has 1 aliphatic carbocycles. The molecule has 1 aromatic carbocycles. The first kappa shape index (κ1) is 15.4. The van der Waals surface area contributed by atoms with Crippen LogP contribution in [0.2, 0.25) is 0 Å². The molecule has 0 amide bonds. The van der Waals surface area contributed by atoms with Gasteiger partial charge in [-0.05, 0) is 43.5 Å². The highest BCUT2D eigenvalue weighted by atomic mass is 32.2. The third-order valence-corrected chi connectivity index (χ3v) is 5.02. The van der Waals surface area contributed by atoms with Crippen molar-refractivity contribution in [3.63, 3.8) is 0 Å². The van der Waals surface area contributed by atoms with Crippen molar-refractivity contribution in [2.24, 2.45) is 0 Å². The summed E-state index contributed by atoms with van der Waals surface area (Å²) in [5.41, 5.74) is 0.803. The van der Waals surface area contributed by atoms with Gasteiger partial charge in [0, 0.05) is 10.8 Å². The van der Waals surface area contributed by atoms with Gasteiger partial charge in [-0.1, -0.05) is 26.2 Å². The van der Waals surface area contributed by atoms with E-state index >= 15 is 0 Å². The van der Waals surface area contributed by atoms with E-state index < -0.39 is 0 Å². The SMILES string of the molecule is CCCOc1ccc(C(=O)CSC2CCCCC2)cc1. The lowest BCUT2D eigenvalue weighted by Crippen LogP contribution is -2.12. The van der Waals surface area contributed by atoms with Crippen LogP contribution in [0.15, 0.2) is 24.3 Å². The van der Waals surface area contributed by atoms with E-state index in [1.807, 2.05) is 36.0 Å². The zero-order chi connectivity index (χ0) is 14.2. The van der Waals surface area contributed by atoms with Gasteiger partial charge in [0.05, 0.1) is 12.4 Å². The van der Waals surface area contributed by atoms with Crippen LogP contribution in [-0.4, -0.2) is 23.4 Å². The topological polar surface area (TPSA) is 26.3 Å². The molecule has 110 valence electrons. The summed E-state index contributed by atoms with van der Waals surface area (Å²) >= 11 is 1.84. The van der Waals surface area contributed by atoms with Gasteiger partial charge in [0.1, 0.15) is 5.75 Å². The van der Waals surface area contributed by atoms with Gasteiger partial charge in [0.25, 0.3) is 0 Å². The van der Waals surface area contributed by atoms with Crippen molar-refractivity contribution in [1.82, 2.24) is 0 Å². The lowest BCUT2D eigenvalue weighted by molar-refractivity contribution is 0.102. The summed E-state index contributed by atoms with van der Waals surface area (Å²) in [6.07, 6.45) is 7.58. The molecule has 0 N–H and O–H groups in total. The molecule has 0 radical (unpaired) electrons. The molecule has 2 nitrogen and oxygen atoms in total. The average Bonchev–Trinajstić information content (AvgIpc) is 2.52. The molecule has 2 rings (SSSR count). The highest BCUT2D eigenvalue weighted by molar-refractivity contribution is 8.00. The molecule has 0 aromatic heterocycles. The van der Waals surface area contributed by atoms with E-state index in [0.717, 1.165) is 24.3 Å². The molecule has 0 saturated heterocycles. The second-order valence-corrected chi connectivity index (χ2v) is 6.66. The molecule has 0 spiro atoms. The maximum atomic E-state index is 12.2. The van der Waals surface area contributed by atoms with Gasteiger partial charge in [-0.2, -0.15) is 11.8 Å². The van der Waals surface area contributed by atoms with Crippen LogP contribution in [0.5, 0.6) is 5.75 Å². The van der Waals surface area contributed by atoms with Crippen LogP contribution in [0.3, 0.4) is 0 Å². The molecule has 1 fully saturated rings. The Hall–Kier alpha value is -0.960. The summed E-state index contributed by atoms with van der Waals surface area (Å²) in [6.45, 7) is 2.81. The normalized spacial score (nSPS) is 16.1. The molecule has 0 unspecified atom stereocenters. The fourth-order valence-corrected chi connectivity index (χ4v) is 3.69. The molecule has 3 heteroatoms. The van der Waals surface area contributed by atoms with Crippen LogP contribution in [-0.2, 0) is 0 Å². The molecule has 1 saturated carbocycles. The molecule has 0 heterocycles. The molecule has 0 aliphatic heterocycles. The predicted octanol–water partition coefficient (Wildman–Crippen LogP) is 4.72. The molecule has 1 aliphatic rings. The highest BCUT2D eigenvalue weighted by Crippen LogP contribution is 2.28. The smallest absolute Gasteiger partial charge is 0.172 e. The Morgan fingerprint density at radius 3 is 2.55 bits per heavy atom. The number of ether oxygens (including phenoxy) is 1. The van der Waals surface area contributed by atoms with E-state index in [-0.39, 0.29) is 5.78 Å². The van der Waals surface area contributed by atoms with Crippen LogP contribution < -0.4 is 4.74 Å². The van der Waals surface area contributed by atoms with Crippen molar-refractivity contribution in [2.45, 2.75) is 50.7 Å².